The molecule has 0 bridgehead atoms. The lowest BCUT2D eigenvalue weighted by atomic mass is 10.2. The lowest BCUT2D eigenvalue weighted by Gasteiger charge is -2.18. The van der Waals surface area contributed by atoms with Gasteiger partial charge >= 0.3 is 5.97 Å². The number of para-hydroxylation sites is 2. The lowest BCUT2D eigenvalue weighted by Crippen LogP contribution is -2.22. The summed E-state index contributed by atoms with van der Waals surface area (Å²) in [5.41, 5.74) is 1.67. The molecule has 0 aliphatic rings. The van der Waals surface area contributed by atoms with Crippen LogP contribution in [0.5, 0.6) is 0 Å². The third-order valence-electron chi connectivity index (χ3n) is 3.02. The molecule has 2 aromatic rings. The summed E-state index contributed by atoms with van der Waals surface area (Å²) in [4.78, 5) is 25.0. The van der Waals surface area contributed by atoms with Crippen LogP contribution in [0, 0.1) is 0 Å². The third kappa shape index (κ3) is 3.42. The van der Waals surface area contributed by atoms with Crippen LogP contribution in [-0.4, -0.2) is 35.6 Å². The molecule has 0 saturated carbocycles. The van der Waals surface area contributed by atoms with E-state index in [1.807, 2.05) is 37.2 Å². The molecular weight excluding hydrogens is 270 g/mol. The molecule has 1 amide bonds. The van der Waals surface area contributed by atoms with Crippen molar-refractivity contribution in [2.45, 2.75) is 6.54 Å². The average molecular weight is 287 g/mol. The average Bonchev–Trinajstić information content (AvgIpc) is 2.87. The van der Waals surface area contributed by atoms with E-state index in [1.54, 1.807) is 18.3 Å². The number of carbonyl (C=O) groups is 2. The number of nitrogens with one attached hydrogen (secondary N) is 1. The van der Waals surface area contributed by atoms with E-state index in [0.29, 0.717) is 5.69 Å². The molecular formula is C15H17N3O3. The number of carboxylic acid groups (broad SMARTS) is 1. The molecule has 1 aromatic heterocycles. The molecule has 6 heteroatoms. The second kappa shape index (κ2) is 6.13. The third-order valence-corrected chi connectivity index (χ3v) is 3.02. The highest BCUT2D eigenvalue weighted by atomic mass is 16.4. The number of nitrogens with zero attached hydrogens (tertiary/aromatic N) is 2. The fraction of sp³-hybridized carbons (Fsp3) is 0.200. The fourth-order valence-electron chi connectivity index (χ4n) is 2.06. The van der Waals surface area contributed by atoms with Gasteiger partial charge in [0.15, 0.2) is 0 Å². The maximum atomic E-state index is 12.1. The second-order valence-electron chi connectivity index (χ2n) is 4.79. The van der Waals surface area contributed by atoms with Crippen LogP contribution in [0.25, 0.3) is 0 Å². The first-order valence-electron chi connectivity index (χ1n) is 6.43. The number of hydrogen-bond acceptors (Lipinski definition) is 3. The zero-order valence-electron chi connectivity index (χ0n) is 11.9. The van der Waals surface area contributed by atoms with Crippen LogP contribution < -0.4 is 10.2 Å². The van der Waals surface area contributed by atoms with E-state index in [1.165, 1.54) is 10.6 Å². The Morgan fingerprint density at radius 3 is 2.57 bits per heavy atom. The fourth-order valence-corrected chi connectivity index (χ4v) is 2.06. The van der Waals surface area contributed by atoms with Crippen LogP contribution in [0.15, 0.2) is 42.6 Å². The van der Waals surface area contributed by atoms with Crippen molar-refractivity contribution in [1.82, 2.24) is 4.57 Å². The summed E-state index contributed by atoms with van der Waals surface area (Å²) in [6, 6.07) is 10.5. The summed E-state index contributed by atoms with van der Waals surface area (Å²) < 4.78 is 1.40. The van der Waals surface area contributed by atoms with E-state index in [9.17, 15) is 9.59 Å². The van der Waals surface area contributed by atoms with Crippen molar-refractivity contribution < 1.29 is 14.7 Å². The number of benzene rings is 1. The van der Waals surface area contributed by atoms with E-state index >= 15 is 0 Å². The maximum Gasteiger partial charge on any atom is 0.352 e. The molecule has 0 fully saturated rings. The number of amides is 1. The first-order valence-corrected chi connectivity index (χ1v) is 6.43. The molecule has 1 aromatic carbocycles. The summed E-state index contributed by atoms with van der Waals surface area (Å²) in [6.07, 6.45) is 1.57. The van der Waals surface area contributed by atoms with Gasteiger partial charge in [-0.15, -0.1) is 0 Å². The summed E-state index contributed by atoms with van der Waals surface area (Å²) >= 11 is 0. The smallest absolute Gasteiger partial charge is 0.352 e. The normalized spacial score (nSPS) is 10.2. The maximum absolute atomic E-state index is 12.1. The van der Waals surface area contributed by atoms with Gasteiger partial charge < -0.3 is 19.9 Å². The van der Waals surface area contributed by atoms with Gasteiger partial charge in [-0.3, -0.25) is 4.79 Å². The highest BCUT2D eigenvalue weighted by Gasteiger charge is 2.13. The molecule has 0 saturated heterocycles. The number of carboxylic acids is 1. The Bertz CT molecular complexity index is 662. The van der Waals surface area contributed by atoms with Crippen molar-refractivity contribution in [3.05, 3.63) is 48.3 Å². The minimum atomic E-state index is -1.05. The Balaban J connectivity index is 2.12. The standard InChI is InChI=1S/C15H17N3O3/c1-17(2)12-7-4-3-6-11(12)16-14(19)10-18-9-5-8-13(18)15(20)21/h3-9H,10H2,1-2H3,(H,16,19)(H,20,21). The molecule has 2 rings (SSSR count). The van der Waals surface area contributed by atoms with E-state index < -0.39 is 5.97 Å². The molecule has 2 N–H and O–H groups in total. The van der Waals surface area contributed by atoms with Gasteiger partial charge in [0, 0.05) is 20.3 Å². The van der Waals surface area contributed by atoms with Crippen LogP contribution in [0.1, 0.15) is 10.5 Å². The number of hydrogen-bond donors (Lipinski definition) is 2. The van der Waals surface area contributed by atoms with Gasteiger partial charge in [-0.2, -0.15) is 0 Å². The molecule has 21 heavy (non-hydrogen) atoms. The van der Waals surface area contributed by atoms with Crippen LogP contribution in [0.3, 0.4) is 0 Å². The van der Waals surface area contributed by atoms with Crippen LogP contribution in [-0.2, 0) is 11.3 Å². The van der Waals surface area contributed by atoms with E-state index in [4.69, 9.17) is 5.11 Å². The minimum absolute atomic E-state index is 0.0452. The van der Waals surface area contributed by atoms with Gasteiger partial charge in [0.05, 0.1) is 11.4 Å². The van der Waals surface area contributed by atoms with Gasteiger partial charge in [-0.05, 0) is 24.3 Å². The van der Waals surface area contributed by atoms with Gasteiger partial charge in [0.1, 0.15) is 12.2 Å². The quantitative estimate of drug-likeness (QED) is 0.880. The molecule has 1 heterocycles. The van der Waals surface area contributed by atoms with E-state index in [0.717, 1.165) is 5.69 Å². The highest BCUT2D eigenvalue weighted by Crippen LogP contribution is 2.23. The molecule has 0 atom stereocenters. The Morgan fingerprint density at radius 1 is 1.19 bits per heavy atom. The predicted octanol–water partition coefficient (Wildman–Crippen LogP) is 1.89. The van der Waals surface area contributed by atoms with Gasteiger partial charge in [-0.25, -0.2) is 4.79 Å². The first kappa shape index (κ1) is 14.6. The zero-order valence-corrected chi connectivity index (χ0v) is 11.9. The number of aromatic nitrogens is 1. The molecule has 0 aliphatic heterocycles. The zero-order chi connectivity index (χ0) is 15.4. The van der Waals surface area contributed by atoms with Crippen molar-refractivity contribution in [2.24, 2.45) is 0 Å². The van der Waals surface area contributed by atoms with Crippen molar-refractivity contribution in [1.29, 1.82) is 0 Å². The Hall–Kier alpha value is -2.76. The van der Waals surface area contributed by atoms with Crippen LogP contribution in [0.2, 0.25) is 0 Å². The van der Waals surface area contributed by atoms with Gasteiger partial charge in [0.25, 0.3) is 0 Å². The Kier molecular flexibility index (Phi) is 4.27. The molecule has 110 valence electrons. The molecule has 0 unspecified atom stereocenters. The first-order chi connectivity index (χ1) is 9.99. The number of anilines is 2. The van der Waals surface area contributed by atoms with E-state index in [2.05, 4.69) is 5.32 Å². The van der Waals surface area contributed by atoms with Gasteiger partial charge in [-0.1, -0.05) is 12.1 Å². The van der Waals surface area contributed by atoms with E-state index in [-0.39, 0.29) is 18.1 Å². The van der Waals surface area contributed by atoms with Gasteiger partial charge in [0.2, 0.25) is 5.91 Å². The predicted molar refractivity (Wildman–Crippen MR) is 80.8 cm³/mol. The Morgan fingerprint density at radius 2 is 1.90 bits per heavy atom. The van der Waals surface area contributed by atoms with Crippen molar-refractivity contribution >= 4 is 23.3 Å². The Labute approximate surface area is 122 Å². The summed E-state index contributed by atoms with van der Waals surface area (Å²) in [5.74, 6) is -1.33. The second-order valence-corrected chi connectivity index (χ2v) is 4.79. The number of rotatable bonds is 5. The largest absolute Gasteiger partial charge is 0.477 e. The minimum Gasteiger partial charge on any atom is -0.477 e. The van der Waals surface area contributed by atoms with Crippen LogP contribution >= 0.6 is 0 Å². The SMILES string of the molecule is CN(C)c1ccccc1NC(=O)Cn1cccc1C(=O)O. The monoisotopic (exact) mass is 287 g/mol. The number of carbonyl (C=O) groups excluding carboxylic acids is 1. The summed E-state index contributed by atoms with van der Waals surface area (Å²) in [5, 5.41) is 11.8. The molecule has 0 spiro atoms. The molecule has 0 radical (unpaired) electrons. The molecule has 0 aliphatic carbocycles. The van der Waals surface area contributed by atoms with Crippen molar-refractivity contribution in [2.75, 3.05) is 24.3 Å². The highest BCUT2D eigenvalue weighted by molar-refractivity contribution is 5.95. The molecule has 6 nitrogen and oxygen atoms in total. The van der Waals surface area contributed by atoms with Crippen LogP contribution in [0.4, 0.5) is 11.4 Å². The van der Waals surface area contributed by atoms with Crippen molar-refractivity contribution in [3.63, 3.8) is 0 Å². The van der Waals surface area contributed by atoms with Crippen molar-refractivity contribution in [3.8, 4) is 0 Å². The topological polar surface area (TPSA) is 74.6 Å². The summed E-state index contributed by atoms with van der Waals surface area (Å²) in [6.45, 7) is -0.0452. The number of aromatic carboxylic acids is 1. The lowest BCUT2D eigenvalue weighted by molar-refractivity contribution is -0.116. The summed E-state index contributed by atoms with van der Waals surface area (Å²) in [7, 11) is 3.78.